The molecule has 5 rings (SSSR count). The van der Waals surface area contributed by atoms with Crippen molar-refractivity contribution in [2.75, 3.05) is 5.73 Å². The molecule has 29 heavy (non-hydrogen) atoms. The van der Waals surface area contributed by atoms with Gasteiger partial charge in [0.25, 0.3) is 5.56 Å². The lowest BCUT2D eigenvalue weighted by Gasteiger charge is -2.12. The average molecular weight is 379 g/mol. The fourth-order valence-electron chi connectivity index (χ4n) is 3.60. The molecule has 0 spiro atoms. The molecule has 6 heteroatoms. The van der Waals surface area contributed by atoms with E-state index in [1.54, 1.807) is 17.0 Å². The molecule has 0 saturated carbocycles. The van der Waals surface area contributed by atoms with Gasteiger partial charge >= 0.3 is 0 Å². The number of pyridine rings is 2. The summed E-state index contributed by atoms with van der Waals surface area (Å²) in [5.74, 6) is 0.231. The summed E-state index contributed by atoms with van der Waals surface area (Å²) in [6.07, 6.45) is 5.24. The topological polar surface area (TPSA) is 86.7 Å². The minimum atomic E-state index is -0.0797. The quantitative estimate of drug-likeness (QED) is 0.503. The van der Waals surface area contributed by atoms with E-state index in [4.69, 9.17) is 5.73 Å². The molecule has 0 unspecified atom stereocenters. The molecule has 0 amide bonds. The maximum absolute atomic E-state index is 13.4. The SMILES string of the molecule is Cc1ccn(-c2ccc3ncccc3c2)c(=O)c1-c1ccc2nc(N)ncc2c1. The van der Waals surface area contributed by atoms with Crippen molar-refractivity contribution >= 4 is 27.8 Å². The molecule has 0 aliphatic rings. The van der Waals surface area contributed by atoms with Crippen molar-refractivity contribution < 1.29 is 0 Å². The first-order valence-corrected chi connectivity index (χ1v) is 9.20. The molecule has 2 N–H and O–H groups in total. The monoisotopic (exact) mass is 379 g/mol. The summed E-state index contributed by atoms with van der Waals surface area (Å²) in [5.41, 5.74) is 10.4. The number of fused-ring (bicyclic) bond motifs is 2. The molecule has 0 aliphatic carbocycles. The summed E-state index contributed by atoms with van der Waals surface area (Å²) >= 11 is 0. The van der Waals surface area contributed by atoms with E-state index in [1.165, 1.54) is 0 Å². The van der Waals surface area contributed by atoms with Crippen LogP contribution < -0.4 is 11.3 Å². The van der Waals surface area contributed by atoms with E-state index in [1.807, 2.05) is 67.7 Å². The zero-order chi connectivity index (χ0) is 20.0. The van der Waals surface area contributed by atoms with Gasteiger partial charge in [-0.2, -0.15) is 0 Å². The molecule has 0 aliphatic heterocycles. The summed E-state index contributed by atoms with van der Waals surface area (Å²) in [4.78, 5) is 26.0. The van der Waals surface area contributed by atoms with Gasteiger partial charge in [-0.1, -0.05) is 12.1 Å². The number of nitrogen functional groups attached to an aromatic ring is 1. The van der Waals surface area contributed by atoms with Crippen molar-refractivity contribution in [3.8, 4) is 16.8 Å². The van der Waals surface area contributed by atoms with Crippen molar-refractivity contribution in [1.82, 2.24) is 19.5 Å². The van der Waals surface area contributed by atoms with Crippen LogP contribution in [0.25, 0.3) is 38.6 Å². The number of nitrogens with two attached hydrogens (primary N) is 1. The van der Waals surface area contributed by atoms with E-state index < -0.39 is 0 Å². The molecule has 0 saturated heterocycles. The predicted octanol–water partition coefficient (Wildman–Crippen LogP) is 3.89. The largest absolute Gasteiger partial charge is 0.368 e. The molecule has 0 bridgehead atoms. The molecule has 5 aromatic rings. The highest BCUT2D eigenvalue weighted by molar-refractivity contribution is 5.85. The van der Waals surface area contributed by atoms with Crippen LogP contribution in [0.15, 0.2) is 78.0 Å². The van der Waals surface area contributed by atoms with Crippen LogP contribution in [0.5, 0.6) is 0 Å². The van der Waals surface area contributed by atoms with Gasteiger partial charge < -0.3 is 5.73 Å². The van der Waals surface area contributed by atoms with Crippen LogP contribution in [0.4, 0.5) is 5.95 Å². The third-order valence-corrected chi connectivity index (χ3v) is 5.05. The highest BCUT2D eigenvalue weighted by Crippen LogP contribution is 2.25. The molecular formula is C23H17N5O. The Morgan fingerprint density at radius 2 is 1.79 bits per heavy atom. The number of aryl methyl sites for hydroxylation is 1. The number of hydrogen-bond acceptors (Lipinski definition) is 5. The summed E-state index contributed by atoms with van der Waals surface area (Å²) < 4.78 is 1.67. The first-order chi connectivity index (χ1) is 14.1. The molecule has 3 heterocycles. The standard InChI is InChI=1S/C23H17N5O/c1-14-8-10-28(18-5-7-19-15(12-18)3-2-9-25-19)22(29)21(14)16-4-6-20-17(11-16)13-26-23(24)27-20/h2-13H,1H3,(H2,24,26,27). The predicted molar refractivity (Wildman–Crippen MR) is 115 cm³/mol. The number of anilines is 1. The van der Waals surface area contributed by atoms with E-state index in [0.29, 0.717) is 5.56 Å². The van der Waals surface area contributed by atoms with E-state index in [2.05, 4.69) is 15.0 Å². The van der Waals surface area contributed by atoms with Crippen LogP contribution in [-0.4, -0.2) is 19.5 Å². The lowest BCUT2D eigenvalue weighted by molar-refractivity contribution is 0.988. The van der Waals surface area contributed by atoms with Crippen LogP contribution in [0.3, 0.4) is 0 Å². The minimum Gasteiger partial charge on any atom is -0.368 e. The lowest BCUT2D eigenvalue weighted by Crippen LogP contribution is -2.20. The zero-order valence-electron chi connectivity index (χ0n) is 15.7. The Bertz CT molecular complexity index is 1460. The maximum atomic E-state index is 13.4. The van der Waals surface area contributed by atoms with Crippen LogP contribution in [0.1, 0.15) is 5.56 Å². The van der Waals surface area contributed by atoms with E-state index >= 15 is 0 Å². The Balaban J connectivity index is 1.70. The van der Waals surface area contributed by atoms with Gasteiger partial charge in [0.15, 0.2) is 0 Å². The van der Waals surface area contributed by atoms with E-state index in [9.17, 15) is 4.79 Å². The number of rotatable bonds is 2. The van der Waals surface area contributed by atoms with Crippen LogP contribution in [0, 0.1) is 6.92 Å². The smallest absolute Gasteiger partial charge is 0.263 e. The van der Waals surface area contributed by atoms with Gasteiger partial charge in [0, 0.05) is 35.1 Å². The molecule has 3 aromatic heterocycles. The summed E-state index contributed by atoms with van der Waals surface area (Å²) in [5, 5.41) is 1.82. The molecule has 6 nitrogen and oxygen atoms in total. The Morgan fingerprint density at radius 1 is 0.931 bits per heavy atom. The van der Waals surface area contributed by atoms with Crippen molar-refractivity contribution in [2.45, 2.75) is 6.92 Å². The zero-order valence-corrected chi connectivity index (χ0v) is 15.7. The van der Waals surface area contributed by atoms with E-state index in [-0.39, 0.29) is 11.5 Å². The third kappa shape index (κ3) is 2.91. The first kappa shape index (κ1) is 17.1. The average Bonchev–Trinajstić information content (AvgIpc) is 2.73. The van der Waals surface area contributed by atoms with Crippen molar-refractivity contribution in [3.63, 3.8) is 0 Å². The summed E-state index contributed by atoms with van der Waals surface area (Å²) in [7, 11) is 0. The Labute approximate surface area is 166 Å². The first-order valence-electron chi connectivity index (χ1n) is 9.20. The second kappa shape index (κ2) is 6.53. The summed E-state index contributed by atoms with van der Waals surface area (Å²) in [6.45, 7) is 1.94. The van der Waals surface area contributed by atoms with E-state index in [0.717, 1.165) is 38.6 Å². The fraction of sp³-hybridized carbons (Fsp3) is 0.0435. The molecule has 140 valence electrons. The highest BCUT2D eigenvalue weighted by atomic mass is 16.1. The molecule has 0 atom stereocenters. The number of hydrogen-bond donors (Lipinski definition) is 1. The van der Waals surface area contributed by atoms with Crippen LogP contribution in [0.2, 0.25) is 0 Å². The van der Waals surface area contributed by atoms with Crippen LogP contribution >= 0.6 is 0 Å². The van der Waals surface area contributed by atoms with Crippen molar-refractivity contribution in [2.24, 2.45) is 0 Å². The molecule has 0 fully saturated rings. The van der Waals surface area contributed by atoms with Crippen LogP contribution in [-0.2, 0) is 0 Å². The van der Waals surface area contributed by atoms with Gasteiger partial charge in [-0.3, -0.25) is 14.3 Å². The lowest BCUT2D eigenvalue weighted by atomic mass is 10.0. The Kier molecular flexibility index (Phi) is 3.84. The Morgan fingerprint density at radius 3 is 2.69 bits per heavy atom. The van der Waals surface area contributed by atoms with Gasteiger partial charge in [0.1, 0.15) is 0 Å². The van der Waals surface area contributed by atoms with Crippen molar-refractivity contribution in [1.29, 1.82) is 0 Å². The number of aromatic nitrogens is 4. The third-order valence-electron chi connectivity index (χ3n) is 5.05. The molecular weight excluding hydrogens is 362 g/mol. The fourth-order valence-corrected chi connectivity index (χ4v) is 3.60. The number of nitrogens with zero attached hydrogens (tertiary/aromatic N) is 4. The Hall–Kier alpha value is -4.06. The molecule has 0 radical (unpaired) electrons. The van der Waals surface area contributed by atoms with Gasteiger partial charge in [-0.15, -0.1) is 0 Å². The van der Waals surface area contributed by atoms with Gasteiger partial charge in [0.2, 0.25) is 5.95 Å². The normalized spacial score (nSPS) is 11.2. The summed E-state index contributed by atoms with van der Waals surface area (Å²) in [6, 6.07) is 17.3. The second-order valence-electron chi connectivity index (χ2n) is 6.93. The van der Waals surface area contributed by atoms with Gasteiger partial charge in [0.05, 0.1) is 16.6 Å². The highest BCUT2D eigenvalue weighted by Gasteiger charge is 2.12. The maximum Gasteiger partial charge on any atom is 0.263 e. The second-order valence-corrected chi connectivity index (χ2v) is 6.93. The molecule has 2 aromatic carbocycles. The number of benzene rings is 2. The minimum absolute atomic E-state index is 0.0797. The van der Waals surface area contributed by atoms with Gasteiger partial charge in [-0.25, -0.2) is 9.97 Å². The van der Waals surface area contributed by atoms with Crippen molar-refractivity contribution in [3.05, 3.63) is 89.1 Å². The van der Waals surface area contributed by atoms with Gasteiger partial charge in [-0.05, 0) is 60.5 Å².